The zero-order valence-electron chi connectivity index (χ0n) is 16.8. The van der Waals surface area contributed by atoms with Crippen LogP contribution in [0.2, 0.25) is 0 Å². The number of hydrogen-bond acceptors (Lipinski definition) is 6. The molecule has 0 aromatic heterocycles. The lowest BCUT2D eigenvalue weighted by atomic mass is 10.1. The van der Waals surface area contributed by atoms with Gasteiger partial charge in [0, 0.05) is 17.5 Å². The standard InChI is InChI=1S/C22H25N3O3S2/c1-15-3-2-4-16(11-15)9-10-23-21(26)12-17-5-7-18(8-6-17)24-22-25-19-13-30(27,28)14-20(19)29-22/h2-8,11,19-20H,9-10,12-14H2,1H3,(H,23,26)(H,24,25)/t19-,20-/m0/s1. The minimum atomic E-state index is -2.94. The highest BCUT2D eigenvalue weighted by atomic mass is 32.2. The third-order valence-corrected chi connectivity index (χ3v) is 8.35. The fourth-order valence-corrected chi connectivity index (χ4v) is 7.38. The summed E-state index contributed by atoms with van der Waals surface area (Å²) < 4.78 is 23.3. The Hall–Kier alpha value is -2.32. The van der Waals surface area contributed by atoms with Crippen LogP contribution in [0.4, 0.5) is 5.69 Å². The molecular formula is C22H25N3O3S2. The number of fused-ring (bicyclic) bond motifs is 1. The number of carbonyl (C=O) groups is 1. The predicted molar refractivity (Wildman–Crippen MR) is 123 cm³/mol. The summed E-state index contributed by atoms with van der Waals surface area (Å²) in [6.07, 6.45) is 1.16. The number of benzene rings is 2. The maximum atomic E-state index is 12.2. The number of thioether (sulfide) groups is 1. The molecule has 2 atom stereocenters. The zero-order chi connectivity index (χ0) is 21.1. The molecule has 2 aromatic rings. The Balaban J connectivity index is 1.23. The van der Waals surface area contributed by atoms with Crippen molar-refractivity contribution in [1.29, 1.82) is 0 Å². The molecule has 158 valence electrons. The Bertz CT molecular complexity index is 1070. The van der Waals surface area contributed by atoms with Gasteiger partial charge in [-0.2, -0.15) is 0 Å². The maximum Gasteiger partial charge on any atom is 0.224 e. The van der Waals surface area contributed by atoms with Crippen LogP contribution in [0, 0.1) is 6.92 Å². The van der Waals surface area contributed by atoms with E-state index >= 15 is 0 Å². The predicted octanol–water partition coefficient (Wildman–Crippen LogP) is 2.58. The molecule has 1 saturated heterocycles. The largest absolute Gasteiger partial charge is 0.355 e. The highest BCUT2D eigenvalue weighted by Gasteiger charge is 2.42. The molecule has 1 fully saturated rings. The van der Waals surface area contributed by atoms with E-state index < -0.39 is 9.84 Å². The van der Waals surface area contributed by atoms with Gasteiger partial charge in [-0.1, -0.05) is 53.7 Å². The van der Waals surface area contributed by atoms with Crippen molar-refractivity contribution in [3.63, 3.8) is 0 Å². The number of rotatable bonds is 6. The van der Waals surface area contributed by atoms with Gasteiger partial charge in [-0.25, -0.2) is 8.42 Å². The minimum absolute atomic E-state index is 0.00752. The van der Waals surface area contributed by atoms with Crippen molar-refractivity contribution in [2.24, 2.45) is 4.99 Å². The van der Waals surface area contributed by atoms with Crippen molar-refractivity contribution >= 4 is 38.4 Å². The molecule has 0 spiro atoms. The monoisotopic (exact) mass is 443 g/mol. The van der Waals surface area contributed by atoms with E-state index in [1.54, 1.807) is 0 Å². The molecule has 0 aliphatic carbocycles. The van der Waals surface area contributed by atoms with Gasteiger partial charge in [-0.3, -0.25) is 9.79 Å². The lowest BCUT2D eigenvalue weighted by Gasteiger charge is -2.09. The Morgan fingerprint density at radius 2 is 1.93 bits per heavy atom. The molecule has 0 radical (unpaired) electrons. The van der Waals surface area contributed by atoms with Crippen LogP contribution in [0.3, 0.4) is 0 Å². The van der Waals surface area contributed by atoms with Gasteiger partial charge in [0.25, 0.3) is 0 Å². The summed E-state index contributed by atoms with van der Waals surface area (Å²) in [7, 11) is -2.94. The molecule has 0 bridgehead atoms. The third kappa shape index (κ3) is 5.43. The van der Waals surface area contributed by atoms with E-state index in [1.807, 2.05) is 30.3 Å². The number of amidine groups is 1. The van der Waals surface area contributed by atoms with Gasteiger partial charge in [-0.05, 0) is 36.6 Å². The van der Waals surface area contributed by atoms with Gasteiger partial charge >= 0.3 is 0 Å². The topological polar surface area (TPSA) is 87.6 Å². The molecule has 1 amide bonds. The van der Waals surface area contributed by atoms with Crippen LogP contribution in [0.1, 0.15) is 16.7 Å². The average Bonchev–Trinajstić information content (AvgIpc) is 3.16. The molecular weight excluding hydrogens is 418 g/mol. The van der Waals surface area contributed by atoms with Crippen molar-refractivity contribution in [3.05, 3.63) is 65.2 Å². The van der Waals surface area contributed by atoms with Gasteiger partial charge < -0.3 is 10.6 Å². The van der Waals surface area contributed by atoms with Gasteiger partial charge in [0.1, 0.15) is 0 Å². The number of amides is 1. The molecule has 0 unspecified atom stereocenters. The molecule has 4 rings (SSSR count). The van der Waals surface area contributed by atoms with Crippen LogP contribution in [0.5, 0.6) is 0 Å². The van der Waals surface area contributed by atoms with Crippen molar-refractivity contribution < 1.29 is 13.2 Å². The number of nitrogens with one attached hydrogen (secondary N) is 2. The summed E-state index contributed by atoms with van der Waals surface area (Å²) in [5.74, 6) is 0.357. The van der Waals surface area contributed by atoms with Crippen molar-refractivity contribution in [2.75, 3.05) is 23.4 Å². The fourth-order valence-electron chi connectivity index (χ4n) is 3.71. The quantitative estimate of drug-likeness (QED) is 0.717. The lowest BCUT2D eigenvalue weighted by Crippen LogP contribution is -2.27. The molecule has 2 aromatic carbocycles. The summed E-state index contributed by atoms with van der Waals surface area (Å²) >= 11 is 1.50. The first-order valence-corrected chi connectivity index (χ1v) is 12.7. The Morgan fingerprint density at radius 1 is 1.13 bits per heavy atom. The maximum absolute atomic E-state index is 12.2. The van der Waals surface area contributed by atoms with E-state index in [0.29, 0.717) is 13.0 Å². The van der Waals surface area contributed by atoms with Crippen LogP contribution >= 0.6 is 11.8 Å². The second-order valence-corrected chi connectivity index (χ2v) is 11.2. The van der Waals surface area contributed by atoms with Gasteiger partial charge in [-0.15, -0.1) is 0 Å². The number of aliphatic imine (C=N–C) groups is 1. The summed E-state index contributed by atoms with van der Waals surface area (Å²) in [6, 6.07) is 15.9. The molecule has 2 aliphatic rings. The first-order valence-electron chi connectivity index (χ1n) is 9.99. The van der Waals surface area contributed by atoms with Crippen molar-refractivity contribution in [3.8, 4) is 0 Å². The molecule has 2 N–H and O–H groups in total. The SMILES string of the molecule is Cc1cccc(CCNC(=O)Cc2ccc(NC3=N[C@H]4CS(=O)(=O)C[C@@H]4S3)cc2)c1. The van der Waals surface area contributed by atoms with Crippen LogP contribution < -0.4 is 10.6 Å². The first-order chi connectivity index (χ1) is 14.4. The smallest absolute Gasteiger partial charge is 0.224 e. The van der Waals surface area contributed by atoms with Crippen LogP contribution in [-0.4, -0.2) is 48.8 Å². The second-order valence-electron chi connectivity index (χ2n) is 7.82. The summed E-state index contributed by atoms with van der Waals surface area (Å²) in [4.78, 5) is 16.7. The van der Waals surface area contributed by atoms with Gasteiger partial charge in [0.15, 0.2) is 15.0 Å². The summed E-state index contributed by atoms with van der Waals surface area (Å²) in [5, 5.41) is 7.02. The minimum Gasteiger partial charge on any atom is -0.355 e. The van der Waals surface area contributed by atoms with Gasteiger partial charge in [0.05, 0.1) is 24.0 Å². The van der Waals surface area contributed by atoms with E-state index in [4.69, 9.17) is 0 Å². The molecule has 6 nitrogen and oxygen atoms in total. The normalized spacial score (nSPS) is 21.7. The molecule has 0 saturated carbocycles. The third-order valence-electron chi connectivity index (χ3n) is 5.21. The summed E-state index contributed by atoms with van der Waals surface area (Å²) in [6.45, 7) is 2.69. The first kappa shape index (κ1) is 20.9. The average molecular weight is 444 g/mol. The van der Waals surface area contributed by atoms with Crippen LogP contribution in [0.25, 0.3) is 0 Å². The number of sulfone groups is 1. The van der Waals surface area contributed by atoms with Gasteiger partial charge in [0.2, 0.25) is 5.91 Å². The Morgan fingerprint density at radius 3 is 2.67 bits per heavy atom. The Labute approximate surface area is 181 Å². The Kier molecular flexibility index (Phi) is 6.15. The second kappa shape index (κ2) is 8.81. The number of hydrogen-bond donors (Lipinski definition) is 2. The van der Waals surface area contributed by atoms with Crippen LogP contribution in [0.15, 0.2) is 53.5 Å². The number of anilines is 1. The summed E-state index contributed by atoms with van der Waals surface area (Å²) in [5.41, 5.74) is 4.27. The molecule has 30 heavy (non-hydrogen) atoms. The fraction of sp³-hybridized carbons (Fsp3) is 0.364. The van der Waals surface area contributed by atoms with Crippen LogP contribution in [-0.2, 0) is 27.5 Å². The highest BCUT2D eigenvalue weighted by molar-refractivity contribution is 8.15. The molecule has 2 aliphatic heterocycles. The van der Waals surface area contributed by atoms with Crippen molar-refractivity contribution in [2.45, 2.75) is 31.1 Å². The van der Waals surface area contributed by atoms with E-state index in [1.165, 1.54) is 22.9 Å². The zero-order valence-corrected chi connectivity index (χ0v) is 18.4. The van der Waals surface area contributed by atoms with Crippen molar-refractivity contribution in [1.82, 2.24) is 5.32 Å². The van der Waals surface area contributed by atoms with E-state index in [-0.39, 0.29) is 28.7 Å². The highest BCUT2D eigenvalue weighted by Crippen LogP contribution is 2.34. The molecule has 2 heterocycles. The number of aryl methyl sites for hydroxylation is 1. The molecule has 8 heteroatoms. The van der Waals surface area contributed by atoms with E-state index in [0.717, 1.165) is 22.8 Å². The van der Waals surface area contributed by atoms with E-state index in [2.05, 4.69) is 40.7 Å². The number of carbonyl (C=O) groups excluding carboxylic acids is 1. The number of nitrogens with zero attached hydrogens (tertiary/aromatic N) is 1. The van der Waals surface area contributed by atoms with E-state index in [9.17, 15) is 13.2 Å². The lowest BCUT2D eigenvalue weighted by molar-refractivity contribution is -0.120.